The zero-order valence-corrected chi connectivity index (χ0v) is 10.2. The number of benzene rings is 2. The van der Waals surface area contributed by atoms with Crippen LogP contribution in [0.15, 0.2) is 36.4 Å². The summed E-state index contributed by atoms with van der Waals surface area (Å²) in [6.07, 6.45) is 0. The van der Waals surface area contributed by atoms with Crippen LogP contribution in [-0.4, -0.2) is 7.11 Å². The highest BCUT2D eigenvalue weighted by Crippen LogP contribution is 2.27. The van der Waals surface area contributed by atoms with Crippen molar-refractivity contribution in [2.75, 3.05) is 7.11 Å². The molecule has 2 nitrogen and oxygen atoms in total. The highest BCUT2D eigenvalue weighted by atomic mass is 19.1. The van der Waals surface area contributed by atoms with Crippen molar-refractivity contribution < 1.29 is 9.13 Å². The molecule has 3 heteroatoms. The lowest BCUT2D eigenvalue weighted by molar-refractivity contribution is 0.387. The molecular weight excluding hydrogens is 229 g/mol. The Morgan fingerprint density at radius 2 is 1.78 bits per heavy atom. The maximum atomic E-state index is 13.3. The van der Waals surface area contributed by atoms with Crippen molar-refractivity contribution in [3.8, 4) is 22.9 Å². The fraction of sp³-hybridized carbons (Fsp3) is 0.133. The van der Waals surface area contributed by atoms with Crippen LogP contribution in [0.3, 0.4) is 0 Å². The second-order valence-electron chi connectivity index (χ2n) is 3.99. The van der Waals surface area contributed by atoms with Crippen LogP contribution in [0.25, 0.3) is 11.1 Å². The zero-order chi connectivity index (χ0) is 13.1. The number of nitriles is 1. The molecule has 0 aliphatic carbocycles. The molecule has 0 spiro atoms. The first-order valence-electron chi connectivity index (χ1n) is 5.50. The second-order valence-corrected chi connectivity index (χ2v) is 3.99. The molecule has 0 aliphatic rings. The summed E-state index contributed by atoms with van der Waals surface area (Å²) in [5, 5.41) is 8.88. The normalized spacial score (nSPS) is 9.89. The van der Waals surface area contributed by atoms with Gasteiger partial charge < -0.3 is 4.74 Å². The molecule has 2 rings (SSSR count). The van der Waals surface area contributed by atoms with E-state index < -0.39 is 0 Å². The zero-order valence-electron chi connectivity index (χ0n) is 10.2. The third-order valence-electron chi connectivity index (χ3n) is 2.83. The molecular formula is C15H12FNO. The minimum atomic E-state index is -0.383. The standard InChI is InChI=1S/C15H12FNO/c1-10-7-11(3-4-13(10)9-17)12-5-6-14(16)15(8-12)18-2/h3-8H,1-2H3. The molecule has 0 saturated heterocycles. The van der Waals surface area contributed by atoms with E-state index in [9.17, 15) is 4.39 Å². The minimum absolute atomic E-state index is 0.217. The average Bonchev–Trinajstić information content (AvgIpc) is 2.39. The first kappa shape index (κ1) is 12.1. The Hall–Kier alpha value is -2.34. The van der Waals surface area contributed by atoms with Crippen molar-refractivity contribution >= 4 is 0 Å². The van der Waals surface area contributed by atoms with E-state index in [2.05, 4.69) is 6.07 Å². The van der Waals surface area contributed by atoms with Crippen LogP contribution < -0.4 is 4.74 Å². The number of hydrogen-bond acceptors (Lipinski definition) is 2. The predicted molar refractivity (Wildman–Crippen MR) is 67.8 cm³/mol. The number of halogens is 1. The Bertz CT molecular complexity index is 620. The van der Waals surface area contributed by atoms with Gasteiger partial charge in [-0.3, -0.25) is 0 Å². The molecule has 90 valence electrons. The number of ether oxygens (including phenoxy) is 1. The average molecular weight is 241 g/mol. The maximum absolute atomic E-state index is 13.3. The molecule has 0 radical (unpaired) electrons. The minimum Gasteiger partial charge on any atom is -0.494 e. The SMILES string of the molecule is COc1cc(-c2ccc(C#N)c(C)c2)ccc1F. The van der Waals surface area contributed by atoms with Crippen molar-refractivity contribution in [2.45, 2.75) is 6.92 Å². The summed E-state index contributed by atoms with van der Waals surface area (Å²) in [7, 11) is 1.44. The Morgan fingerprint density at radius 3 is 2.39 bits per heavy atom. The molecule has 0 unspecified atom stereocenters. The molecule has 0 aliphatic heterocycles. The smallest absolute Gasteiger partial charge is 0.165 e. The van der Waals surface area contributed by atoms with Crippen molar-refractivity contribution in [1.82, 2.24) is 0 Å². The number of aryl methyl sites for hydroxylation is 1. The van der Waals surface area contributed by atoms with Gasteiger partial charge in [0.2, 0.25) is 0 Å². The number of nitrogens with zero attached hydrogens (tertiary/aromatic N) is 1. The van der Waals surface area contributed by atoms with E-state index in [0.29, 0.717) is 5.56 Å². The second kappa shape index (κ2) is 4.89. The predicted octanol–water partition coefficient (Wildman–Crippen LogP) is 3.68. The summed E-state index contributed by atoms with van der Waals surface area (Å²) in [5.74, 6) is -0.166. The molecule has 0 amide bonds. The molecule has 0 fully saturated rings. The van der Waals surface area contributed by atoms with Gasteiger partial charge in [0.15, 0.2) is 11.6 Å². The van der Waals surface area contributed by atoms with E-state index in [1.165, 1.54) is 13.2 Å². The van der Waals surface area contributed by atoms with Crippen LogP contribution in [-0.2, 0) is 0 Å². The quantitative estimate of drug-likeness (QED) is 0.803. The highest BCUT2D eigenvalue weighted by molar-refractivity contribution is 5.67. The Labute approximate surface area is 105 Å². The first-order chi connectivity index (χ1) is 8.65. The lowest BCUT2D eigenvalue weighted by atomic mass is 10.0. The molecule has 0 heterocycles. The summed E-state index contributed by atoms with van der Waals surface area (Å²) < 4.78 is 18.3. The lowest BCUT2D eigenvalue weighted by Crippen LogP contribution is -1.90. The fourth-order valence-electron chi connectivity index (χ4n) is 1.81. The monoisotopic (exact) mass is 241 g/mol. The van der Waals surface area contributed by atoms with E-state index in [4.69, 9.17) is 10.00 Å². The molecule has 2 aromatic rings. The van der Waals surface area contributed by atoms with Crippen LogP contribution in [0.5, 0.6) is 5.75 Å². The molecule has 0 atom stereocenters. The van der Waals surface area contributed by atoms with E-state index in [0.717, 1.165) is 16.7 Å². The highest BCUT2D eigenvalue weighted by Gasteiger charge is 2.06. The lowest BCUT2D eigenvalue weighted by Gasteiger charge is -2.07. The first-order valence-corrected chi connectivity index (χ1v) is 5.50. The Balaban J connectivity index is 2.49. The maximum Gasteiger partial charge on any atom is 0.165 e. The van der Waals surface area contributed by atoms with E-state index in [1.807, 2.05) is 19.1 Å². The molecule has 18 heavy (non-hydrogen) atoms. The van der Waals surface area contributed by atoms with Gasteiger partial charge in [0.25, 0.3) is 0 Å². The van der Waals surface area contributed by atoms with Gasteiger partial charge in [-0.2, -0.15) is 5.26 Å². The molecule has 0 bridgehead atoms. The van der Waals surface area contributed by atoms with Gasteiger partial charge in [-0.15, -0.1) is 0 Å². The van der Waals surface area contributed by atoms with Gasteiger partial charge in [0, 0.05) is 0 Å². The summed E-state index contributed by atoms with van der Waals surface area (Å²) in [6.45, 7) is 1.88. The van der Waals surface area contributed by atoms with Crippen LogP contribution in [0.2, 0.25) is 0 Å². The third kappa shape index (κ3) is 2.18. The van der Waals surface area contributed by atoms with Gasteiger partial charge in [-0.25, -0.2) is 4.39 Å². The molecule has 0 saturated carbocycles. The van der Waals surface area contributed by atoms with Crippen LogP contribution in [0, 0.1) is 24.1 Å². The number of hydrogen-bond donors (Lipinski definition) is 0. The van der Waals surface area contributed by atoms with E-state index in [1.54, 1.807) is 18.2 Å². The van der Waals surface area contributed by atoms with Crippen molar-refractivity contribution in [3.63, 3.8) is 0 Å². The van der Waals surface area contributed by atoms with E-state index in [-0.39, 0.29) is 11.6 Å². The van der Waals surface area contributed by atoms with Crippen molar-refractivity contribution in [3.05, 3.63) is 53.3 Å². The Morgan fingerprint density at radius 1 is 1.11 bits per heavy atom. The number of methoxy groups -OCH3 is 1. The number of rotatable bonds is 2. The van der Waals surface area contributed by atoms with Crippen LogP contribution in [0.4, 0.5) is 4.39 Å². The van der Waals surface area contributed by atoms with Gasteiger partial charge in [0.1, 0.15) is 0 Å². The van der Waals surface area contributed by atoms with Crippen LogP contribution >= 0.6 is 0 Å². The fourth-order valence-corrected chi connectivity index (χ4v) is 1.81. The summed E-state index contributed by atoms with van der Waals surface area (Å²) in [5.41, 5.74) is 3.34. The van der Waals surface area contributed by atoms with Crippen LogP contribution in [0.1, 0.15) is 11.1 Å². The largest absolute Gasteiger partial charge is 0.494 e. The van der Waals surface area contributed by atoms with Gasteiger partial charge >= 0.3 is 0 Å². The molecule has 2 aromatic carbocycles. The summed E-state index contributed by atoms with van der Waals surface area (Å²) >= 11 is 0. The Kier molecular flexibility index (Phi) is 3.29. The van der Waals surface area contributed by atoms with Gasteiger partial charge in [0.05, 0.1) is 18.7 Å². The van der Waals surface area contributed by atoms with Crippen molar-refractivity contribution in [1.29, 1.82) is 5.26 Å². The topological polar surface area (TPSA) is 33.0 Å². The van der Waals surface area contributed by atoms with Crippen molar-refractivity contribution in [2.24, 2.45) is 0 Å². The van der Waals surface area contributed by atoms with Gasteiger partial charge in [-0.1, -0.05) is 18.2 Å². The van der Waals surface area contributed by atoms with E-state index >= 15 is 0 Å². The molecule has 0 N–H and O–H groups in total. The summed E-state index contributed by atoms with van der Waals surface area (Å²) in [6, 6.07) is 12.4. The molecule has 0 aromatic heterocycles. The summed E-state index contributed by atoms with van der Waals surface area (Å²) in [4.78, 5) is 0. The van der Waals surface area contributed by atoms with Gasteiger partial charge in [-0.05, 0) is 41.8 Å². The third-order valence-corrected chi connectivity index (χ3v) is 2.83.